The quantitative estimate of drug-likeness (QED) is 0.618. The van der Waals surface area contributed by atoms with Gasteiger partial charge in [-0.1, -0.05) is 69.7 Å². The number of amides is 1. The highest BCUT2D eigenvalue weighted by atomic mass is 16.2. The maximum absolute atomic E-state index is 13.3. The molecule has 0 unspecified atom stereocenters. The first-order valence-corrected chi connectivity index (χ1v) is 10.9. The normalized spacial score (nSPS) is 11.2. The molecular formula is C25H30N4O3. The molecule has 0 radical (unpaired) electrons. The first kappa shape index (κ1) is 23.2. The Morgan fingerprint density at radius 2 is 1.72 bits per heavy atom. The van der Waals surface area contributed by atoms with E-state index in [9.17, 15) is 14.4 Å². The van der Waals surface area contributed by atoms with Gasteiger partial charge < -0.3 is 5.32 Å². The number of carbonyl (C=O) groups is 1. The van der Waals surface area contributed by atoms with Gasteiger partial charge in [-0.3, -0.25) is 14.2 Å². The van der Waals surface area contributed by atoms with Gasteiger partial charge in [0.1, 0.15) is 0 Å². The van der Waals surface area contributed by atoms with Crippen molar-refractivity contribution in [2.45, 2.75) is 47.1 Å². The monoisotopic (exact) mass is 434 g/mol. The summed E-state index contributed by atoms with van der Waals surface area (Å²) in [5.74, 6) is -0.0430. The fourth-order valence-corrected chi connectivity index (χ4v) is 3.34. The van der Waals surface area contributed by atoms with Crippen molar-refractivity contribution in [1.82, 2.24) is 19.7 Å². The number of aromatic nitrogens is 3. The third-order valence-electron chi connectivity index (χ3n) is 5.17. The molecule has 1 N–H and O–H groups in total. The van der Waals surface area contributed by atoms with E-state index in [0.717, 1.165) is 25.9 Å². The minimum Gasteiger partial charge on any atom is -0.350 e. The second-order valence-electron chi connectivity index (χ2n) is 8.77. The largest absolute Gasteiger partial charge is 0.352 e. The maximum atomic E-state index is 13.3. The van der Waals surface area contributed by atoms with Crippen molar-refractivity contribution in [3.8, 4) is 5.69 Å². The van der Waals surface area contributed by atoms with E-state index >= 15 is 0 Å². The summed E-state index contributed by atoms with van der Waals surface area (Å²) in [5.41, 5.74) is 1.84. The van der Waals surface area contributed by atoms with E-state index < -0.39 is 17.2 Å². The summed E-state index contributed by atoms with van der Waals surface area (Å²) in [7, 11) is 0. The number of nitrogens with one attached hydrogen (secondary N) is 1. The Labute approximate surface area is 187 Å². The zero-order valence-electron chi connectivity index (χ0n) is 19.3. The number of hydrogen-bond donors (Lipinski definition) is 1. The molecule has 3 rings (SSSR count). The van der Waals surface area contributed by atoms with Gasteiger partial charge in [0.05, 0.1) is 12.2 Å². The smallest absolute Gasteiger partial charge is 0.350 e. The zero-order valence-corrected chi connectivity index (χ0v) is 19.3. The Kier molecular flexibility index (Phi) is 7.08. The average molecular weight is 435 g/mol. The highest BCUT2D eigenvalue weighted by Gasteiger charge is 2.20. The lowest BCUT2D eigenvalue weighted by molar-refractivity contribution is 0.0939. The molecule has 3 aromatic rings. The average Bonchev–Trinajstić information content (AvgIpc) is 2.75. The maximum Gasteiger partial charge on any atom is 0.352 e. The van der Waals surface area contributed by atoms with Crippen molar-refractivity contribution < 1.29 is 4.79 Å². The third-order valence-corrected chi connectivity index (χ3v) is 5.17. The van der Waals surface area contributed by atoms with Gasteiger partial charge in [0, 0.05) is 6.54 Å². The number of hydrogen-bond acceptors (Lipinski definition) is 4. The number of benzene rings is 2. The molecule has 0 fully saturated rings. The molecule has 0 saturated carbocycles. The number of rotatable bonds is 7. The SMILES string of the molecule is Cc1cccc(Cn2c(=O)c(C(=O)NCC(C)C)nn(-c3ccc(C(C)C)cc3)c2=O)c1. The van der Waals surface area contributed by atoms with E-state index in [4.69, 9.17) is 0 Å². The molecule has 7 heteroatoms. The van der Waals surface area contributed by atoms with Crippen molar-refractivity contribution >= 4 is 5.91 Å². The fraction of sp³-hybridized carbons (Fsp3) is 0.360. The molecule has 0 atom stereocenters. The Morgan fingerprint density at radius 3 is 2.31 bits per heavy atom. The van der Waals surface area contributed by atoms with Crippen LogP contribution in [0.5, 0.6) is 0 Å². The molecule has 0 spiro atoms. The van der Waals surface area contributed by atoms with Crippen molar-refractivity contribution in [1.29, 1.82) is 0 Å². The minimum absolute atomic E-state index is 0.0520. The lowest BCUT2D eigenvalue weighted by Crippen LogP contribution is -2.46. The molecule has 0 saturated heterocycles. The molecule has 0 aliphatic heterocycles. The Hall–Kier alpha value is -3.48. The van der Waals surface area contributed by atoms with Gasteiger partial charge in [-0.2, -0.15) is 9.78 Å². The summed E-state index contributed by atoms with van der Waals surface area (Å²) in [4.78, 5) is 39.2. The van der Waals surface area contributed by atoms with Crippen LogP contribution in [0.3, 0.4) is 0 Å². The summed E-state index contributed by atoms with van der Waals surface area (Å²) in [6, 6.07) is 15.0. The summed E-state index contributed by atoms with van der Waals surface area (Å²) in [6.45, 7) is 10.5. The van der Waals surface area contributed by atoms with Crippen LogP contribution in [-0.4, -0.2) is 26.8 Å². The highest BCUT2D eigenvalue weighted by Crippen LogP contribution is 2.15. The van der Waals surface area contributed by atoms with Gasteiger partial charge >= 0.3 is 5.69 Å². The standard InChI is InChI=1S/C25H30N4O3/c1-16(2)14-26-23(30)22-24(31)28(15-19-8-6-7-18(5)13-19)25(32)29(27-22)21-11-9-20(10-12-21)17(3)4/h6-13,16-17H,14-15H2,1-5H3,(H,26,30). The van der Waals surface area contributed by atoms with Crippen LogP contribution in [-0.2, 0) is 6.54 Å². The fourth-order valence-electron chi connectivity index (χ4n) is 3.34. The molecule has 0 aliphatic carbocycles. The van der Waals surface area contributed by atoms with Crippen LogP contribution in [0, 0.1) is 12.8 Å². The van der Waals surface area contributed by atoms with Gasteiger partial charge in [0.2, 0.25) is 5.69 Å². The van der Waals surface area contributed by atoms with Gasteiger partial charge in [-0.05, 0) is 42.0 Å². The van der Waals surface area contributed by atoms with Crippen LogP contribution in [0.4, 0.5) is 0 Å². The van der Waals surface area contributed by atoms with Crippen LogP contribution in [0.25, 0.3) is 5.69 Å². The van der Waals surface area contributed by atoms with Crippen molar-refractivity contribution in [3.63, 3.8) is 0 Å². The van der Waals surface area contributed by atoms with Gasteiger partial charge in [-0.25, -0.2) is 4.79 Å². The predicted octanol–water partition coefficient (Wildman–Crippen LogP) is 3.26. The van der Waals surface area contributed by atoms with Crippen molar-refractivity contribution in [2.75, 3.05) is 6.54 Å². The van der Waals surface area contributed by atoms with E-state index in [2.05, 4.69) is 24.3 Å². The molecule has 1 amide bonds. The topological polar surface area (TPSA) is 86.0 Å². The van der Waals surface area contributed by atoms with Gasteiger partial charge in [0.25, 0.3) is 11.5 Å². The summed E-state index contributed by atoms with van der Waals surface area (Å²) < 4.78 is 2.20. The van der Waals surface area contributed by atoms with Gasteiger partial charge in [0.15, 0.2) is 0 Å². The summed E-state index contributed by atoms with van der Waals surface area (Å²) in [5, 5.41) is 6.90. The first-order valence-electron chi connectivity index (χ1n) is 10.9. The Balaban J connectivity index is 2.15. The zero-order chi connectivity index (χ0) is 23.4. The van der Waals surface area contributed by atoms with E-state index in [-0.39, 0.29) is 18.2 Å². The number of aryl methyl sites for hydroxylation is 1. The molecule has 168 valence electrons. The van der Waals surface area contributed by atoms with Crippen molar-refractivity contribution in [2.24, 2.45) is 5.92 Å². The van der Waals surface area contributed by atoms with Crippen LogP contribution >= 0.6 is 0 Å². The molecular weight excluding hydrogens is 404 g/mol. The van der Waals surface area contributed by atoms with E-state index in [0.29, 0.717) is 18.2 Å². The predicted molar refractivity (Wildman–Crippen MR) is 126 cm³/mol. The number of carbonyl (C=O) groups excluding carboxylic acids is 1. The summed E-state index contributed by atoms with van der Waals surface area (Å²) in [6.07, 6.45) is 0. The first-order chi connectivity index (χ1) is 15.2. The lowest BCUT2D eigenvalue weighted by Gasteiger charge is -2.14. The second-order valence-corrected chi connectivity index (χ2v) is 8.77. The molecule has 0 bridgehead atoms. The second kappa shape index (κ2) is 9.77. The van der Waals surface area contributed by atoms with Crippen LogP contribution in [0.15, 0.2) is 58.1 Å². The van der Waals surface area contributed by atoms with E-state index in [1.807, 2.05) is 57.2 Å². The molecule has 1 aromatic heterocycles. The lowest BCUT2D eigenvalue weighted by atomic mass is 10.0. The van der Waals surface area contributed by atoms with Crippen LogP contribution in [0.2, 0.25) is 0 Å². The Morgan fingerprint density at radius 1 is 1.03 bits per heavy atom. The molecule has 32 heavy (non-hydrogen) atoms. The van der Waals surface area contributed by atoms with E-state index in [1.165, 1.54) is 0 Å². The summed E-state index contributed by atoms with van der Waals surface area (Å²) >= 11 is 0. The van der Waals surface area contributed by atoms with Crippen molar-refractivity contribution in [3.05, 3.63) is 91.8 Å². The number of nitrogens with zero attached hydrogens (tertiary/aromatic N) is 3. The van der Waals surface area contributed by atoms with E-state index in [1.54, 1.807) is 12.1 Å². The molecule has 1 heterocycles. The molecule has 2 aromatic carbocycles. The minimum atomic E-state index is -0.701. The van der Waals surface area contributed by atoms with Crippen LogP contribution < -0.4 is 16.6 Å². The highest BCUT2D eigenvalue weighted by molar-refractivity contribution is 5.91. The molecule has 0 aliphatic rings. The van der Waals surface area contributed by atoms with Crippen LogP contribution in [0.1, 0.15) is 60.8 Å². The molecule has 7 nitrogen and oxygen atoms in total. The Bertz CT molecular complexity index is 1220. The third kappa shape index (κ3) is 5.22. The van der Waals surface area contributed by atoms with Gasteiger partial charge in [-0.15, -0.1) is 0 Å².